The minimum atomic E-state index is 0.333. The predicted octanol–water partition coefficient (Wildman–Crippen LogP) is 4.24. The molecule has 0 aromatic carbocycles. The number of nitrogens with one attached hydrogen (secondary N) is 1. The second-order valence-electron chi connectivity index (χ2n) is 5.39. The van der Waals surface area contributed by atoms with Crippen molar-refractivity contribution in [2.24, 2.45) is 5.92 Å². The molecule has 1 saturated carbocycles. The summed E-state index contributed by atoms with van der Waals surface area (Å²) in [6.07, 6.45) is 8.15. The summed E-state index contributed by atoms with van der Waals surface area (Å²) >= 11 is 5.46. The average molecular weight is 346 g/mol. The molecule has 1 N–H and O–H groups in total. The minimum Gasteiger partial charge on any atom is -0.380 e. The average Bonchev–Trinajstić information content (AvgIpc) is 2.85. The van der Waals surface area contributed by atoms with Gasteiger partial charge < -0.3 is 10.1 Å². The first-order valence-electron chi connectivity index (χ1n) is 7.18. The molecule has 2 rings (SSSR count). The van der Waals surface area contributed by atoms with Crippen molar-refractivity contribution in [3.05, 3.63) is 20.8 Å². The maximum Gasteiger partial charge on any atom is 0.0755 e. The lowest BCUT2D eigenvalue weighted by molar-refractivity contribution is 0.0103. The zero-order valence-electron chi connectivity index (χ0n) is 11.8. The highest BCUT2D eigenvalue weighted by molar-refractivity contribution is 9.10. The lowest BCUT2D eigenvalue weighted by atomic mass is 9.81. The Morgan fingerprint density at radius 1 is 1.42 bits per heavy atom. The molecule has 1 aliphatic carbocycles. The highest BCUT2D eigenvalue weighted by Crippen LogP contribution is 2.31. The maximum atomic E-state index is 5.86. The largest absolute Gasteiger partial charge is 0.380 e. The van der Waals surface area contributed by atoms with E-state index in [-0.39, 0.29) is 0 Å². The van der Waals surface area contributed by atoms with Crippen LogP contribution < -0.4 is 5.32 Å². The van der Waals surface area contributed by atoms with Gasteiger partial charge in [-0.1, -0.05) is 19.3 Å². The molecule has 0 spiro atoms. The summed E-state index contributed by atoms with van der Waals surface area (Å²) in [6.45, 7) is 0. The van der Waals surface area contributed by atoms with Gasteiger partial charge in [-0.15, -0.1) is 11.3 Å². The molecule has 1 aliphatic rings. The Balaban J connectivity index is 2.03. The van der Waals surface area contributed by atoms with E-state index in [9.17, 15) is 0 Å². The summed E-state index contributed by atoms with van der Waals surface area (Å²) in [4.78, 5) is 1.41. The number of ether oxygens (including phenoxy) is 1. The molecule has 0 saturated heterocycles. The van der Waals surface area contributed by atoms with E-state index in [0.29, 0.717) is 12.1 Å². The van der Waals surface area contributed by atoms with Crippen molar-refractivity contribution in [1.29, 1.82) is 0 Å². The zero-order chi connectivity index (χ0) is 13.7. The van der Waals surface area contributed by atoms with Crippen molar-refractivity contribution in [3.8, 4) is 0 Å². The Bertz CT molecular complexity index is 376. The van der Waals surface area contributed by atoms with Gasteiger partial charge >= 0.3 is 0 Å². The molecular formula is C15H24BrNOS. The van der Waals surface area contributed by atoms with Gasteiger partial charge in [0.25, 0.3) is 0 Å². The number of likely N-dealkylation sites (N-methyl/N-ethyl adjacent to an activating group) is 1. The molecule has 0 bridgehead atoms. The quantitative estimate of drug-likeness (QED) is 0.832. The fraction of sp³-hybridized carbons (Fsp3) is 0.733. The molecule has 0 aliphatic heterocycles. The molecule has 19 heavy (non-hydrogen) atoms. The van der Waals surface area contributed by atoms with Gasteiger partial charge in [-0.3, -0.25) is 0 Å². The molecule has 2 unspecified atom stereocenters. The van der Waals surface area contributed by atoms with Crippen LogP contribution in [0.25, 0.3) is 0 Å². The monoisotopic (exact) mass is 345 g/mol. The molecule has 1 fully saturated rings. The Hall–Kier alpha value is 0.1000. The topological polar surface area (TPSA) is 21.3 Å². The number of halogens is 1. The van der Waals surface area contributed by atoms with E-state index >= 15 is 0 Å². The molecule has 1 aromatic heterocycles. The third kappa shape index (κ3) is 4.03. The number of thiophene rings is 1. The van der Waals surface area contributed by atoms with Crippen LogP contribution in [0.5, 0.6) is 0 Å². The molecule has 4 heteroatoms. The fourth-order valence-corrected chi connectivity index (χ4v) is 4.78. The van der Waals surface area contributed by atoms with Gasteiger partial charge in [0.2, 0.25) is 0 Å². The van der Waals surface area contributed by atoms with Crippen LogP contribution in [0.15, 0.2) is 15.9 Å². The highest BCUT2D eigenvalue weighted by atomic mass is 79.9. The molecule has 1 aromatic rings. The Labute approximate surface area is 129 Å². The van der Waals surface area contributed by atoms with E-state index in [4.69, 9.17) is 4.74 Å². The summed E-state index contributed by atoms with van der Waals surface area (Å²) < 4.78 is 7.09. The third-order valence-electron chi connectivity index (χ3n) is 4.25. The molecule has 0 amide bonds. The molecule has 0 radical (unpaired) electrons. The van der Waals surface area contributed by atoms with E-state index in [2.05, 4.69) is 39.7 Å². The smallest absolute Gasteiger partial charge is 0.0755 e. The van der Waals surface area contributed by atoms with Crippen LogP contribution in [0.2, 0.25) is 0 Å². The Kier molecular flexibility index (Phi) is 6.33. The summed E-state index contributed by atoms with van der Waals surface area (Å²) in [5.41, 5.74) is 0. The summed E-state index contributed by atoms with van der Waals surface area (Å²) in [5.74, 6) is 0.718. The highest BCUT2D eigenvalue weighted by Gasteiger charge is 2.30. The van der Waals surface area contributed by atoms with Crippen LogP contribution in [0, 0.1) is 5.92 Å². The molecule has 2 nitrogen and oxygen atoms in total. The van der Waals surface area contributed by atoms with Gasteiger partial charge in [0.15, 0.2) is 0 Å². The summed E-state index contributed by atoms with van der Waals surface area (Å²) in [7, 11) is 3.92. The Morgan fingerprint density at radius 3 is 2.68 bits per heavy atom. The second kappa shape index (κ2) is 7.77. The first-order chi connectivity index (χ1) is 9.26. The van der Waals surface area contributed by atoms with Crippen LogP contribution in [0.3, 0.4) is 0 Å². The van der Waals surface area contributed by atoms with Crippen molar-refractivity contribution in [2.75, 3.05) is 14.2 Å². The maximum absolute atomic E-state index is 5.86. The molecular weight excluding hydrogens is 322 g/mol. The summed E-state index contributed by atoms with van der Waals surface area (Å²) in [6, 6.07) is 2.54. The summed E-state index contributed by atoms with van der Waals surface area (Å²) in [5, 5.41) is 5.62. The molecule has 1 heterocycles. The van der Waals surface area contributed by atoms with Crippen molar-refractivity contribution in [1.82, 2.24) is 5.32 Å². The van der Waals surface area contributed by atoms with Crippen LogP contribution in [0.4, 0.5) is 0 Å². The normalized spacial score (nSPS) is 20.4. The number of methoxy groups -OCH3 is 1. The van der Waals surface area contributed by atoms with Gasteiger partial charge in [0, 0.05) is 28.9 Å². The van der Waals surface area contributed by atoms with E-state index in [1.165, 1.54) is 41.5 Å². The lowest BCUT2D eigenvalue weighted by Gasteiger charge is -2.34. The van der Waals surface area contributed by atoms with Gasteiger partial charge in [0.1, 0.15) is 0 Å². The van der Waals surface area contributed by atoms with Gasteiger partial charge in [-0.05, 0) is 53.2 Å². The number of rotatable bonds is 6. The van der Waals surface area contributed by atoms with E-state index in [1.807, 2.05) is 18.4 Å². The van der Waals surface area contributed by atoms with Crippen molar-refractivity contribution in [2.45, 2.75) is 50.7 Å². The second-order valence-corrected chi connectivity index (χ2v) is 7.24. The fourth-order valence-electron chi connectivity index (χ4n) is 3.20. The van der Waals surface area contributed by atoms with Crippen molar-refractivity contribution >= 4 is 27.3 Å². The Morgan fingerprint density at radius 2 is 2.16 bits per heavy atom. The zero-order valence-corrected chi connectivity index (χ0v) is 14.2. The SMILES string of the molecule is CNC(Cc1sccc1Br)C(OC)C1CCCCC1. The molecule has 2 atom stereocenters. The van der Waals surface area contributed by atoms with Gasteiger partial charge in [0.05, 0.1) is 6.10 Å². The van der Waals surface area contributed by atoms with Gasteiger partial charge in [-0.2, -0.15) is 0 Å². The third-order valence-corrected chi connectivity index (χ3v) is 6.20. The minimum absolute atomic E-state index is 0.333. The van der Waals surface area contributed by atoms with Crippen LogP contribution in [0.1, 0.15) is 37.0 Å². The number of hydrogen-bond acceptors (Lipinski definition) is 3. The van der Waals surface area contributed by atoms with Crippen molar-refractivity contribution < 1.29 is 4.74 Å². The number of hydrogen-bond donors (Lipinski definition) is 1. The van der Waals surface area contributed by atoms with Crippen LogP contribution in [-0.2, 0) is 11.2 Å². The van der Waals surface area contributed by atoms with Crippen LogP contribution >= 0.6 is 27.3 Å². The first-order valence-corrected chi connectivity index (χ1v) is 8.85. The lowest BCUT2D eigenvalue weighted by Crippen LogP contribution is -2.45. The standard InChI is InChI=1S/C15H24BrNOS/c1-17-13(10-14-12(16)8-9-19-14)15(18-2)11-6-4-3-5-7-11/h8-9,11,13,15,17H,3-7,10H2,1-2H3. The van der Waals surface area contributed by atoms with Crippen LogP contribution in [-0.4, -0.2) is 26.3 Å². The van der Waals surface area contributed by atoms with E-state index < -0.39 is 0 Å². The first kappa shape index (κ1) is 15.5. The molecule has 108 valence electrons. The van der Waals surface area contributed by atoms with Crippen molar-refractivity contribution in [3.63, 3.8) is 0 Å². The van der Waals surface area contributed by atoms with E-state index in [1.54, 1.807) is 0 Å². The van der Waals surface area contributed by atoms with Gasteiger partial charge in [-0.25, -0.2) is 0 Å². The predicted molar refractivity (Wildman–Crippen MR) is 85.9 cm³/mol. The van der Waals surface area contributed by atoms with E-state index in [0.717, 1.165) is 12.3 Å².